The van der Waals surface area contributed by atoms with Gasteiger partial charge in [0.05, 0.1) is 18.8 Å². The second-order valence-electron chi connectivity index (χ2n) is 6.34. The van der Waals surface area contributed by atoms with Crippen molar-refractivity contribution in [1.82, 2.24) is 14.1 Å². The van der Waals surface area contributed by atoms with Gasteiger partial charge in [-0.1, -0.05) is 17.7 Å². The predicted octanol–water partition coefficient (Wildman–Crippen LogP) is 4.25. The Morgan fingerprint density at radius 3 is 2.70 bits per heavy atom. The Labute approximate surface area is 141 Å². The van der Waals surface area contributed by atoms with E-state index < -0.39 is 0 Å². The van der Waals surface area contributed by atoms with Crippen LogP contribution in [0.25, 0.3) is 5.76 Å². The first-order valence-electron chi connectivity index (χ1n) is 8.13. The van der Waals surface area contributed by atoms with Crippen LogP contribution in [0.2, 0.25) is 0 Å². The number of ether oxygens (including phenoxy) is 1. The minimum Gasteiger partial charge on any atom is -0.485 e. The Kier molecular flexibility index (Phi) is 3.81. The molecule has 1 fully saturated rings. The molecule has 0 spiro atoms. The van der Waals surface area contributed by atoms with Crippen LogP contribution < -0.4 is 0 Å². The van der Waals surface area contributed by atoms with Crippen LogP contribution in [-0.2, 0) is 4.74 Å². The van der Waals surface area contributed by atoms with E-state index in [1.54, 1.807) is 11.9 Å². The summed E-state index contributed by atoms with van der Waals surface area (Å²) < 4.78 is 10.3. The number of aryl methyl sites for hydroxylation is 1. The van der Waals surface area contributed by atoms with Crippen molar-refractivity contribution in [3.63, 3.8) is 0 Å². The molecule has 120 valence electrons. The van der Waals surface area contributed by atoms with Crippen LogP contribution in [-0.4, -0.2) is 26.7 Å². The van der Waals surface area contributed by atoms with Crippen LogP contribution in [0.1, 0.15) is 37.1 Å². The molecule has 1 saturated carbocycles. The summed E-state index contributed by atoms with van der Waals surface area (Å²) in [6.45, 7) is 5.08. The SMILES string of the molecule is Cc1ccc(SN2C=C(c3ccn(C4CC4)n3)OC(C)C2)cc1. The molecule has 4 nitrogen and oxygen atoms in total. The minimum atomic E-state index is 0.152. The molecule has 1 aromatic carbocycles. The fourth-order valence-electron chi connectivity index (χ4n) is 2.66. The van der Waals surface area contributed by atoms with Crippen LogP contribution in [0.5, 0.6) is 0 Å². The normalized spacial score (nSPS) is 21.0. The number of benzene rings is 1. The molecule has 0 bridgehead atoms. The molecule has 1 aliphatic heterocycles. The van der Waals surface area contributed by atoms with Crippen molar-refractivity contribution < 1.29 is 4.74 Å². The summed E-state index contributed by atoms with van der Waals surface area (Å²) >= 11 is 1.74. The number of rotatable bonds is 4. The van der Waals surface area contributed by atoms with Crippen molar-refractivity contribution in [2.75, 3.05) is 6.54 Å². The summed E-state index contributed by atoms with van der Waals surface area (Å²) in [6.07, 6.45) is 6.77. The van der Waals surface area contributed by atoms with Gasteiger partial charge in [0.1, 0.15) is 11.8 Å². The predicted molar refractivity (Wildman–Crippen MR) is 92.8 cm³/mol. The van der Waals surface area contributed by atoms with Gasteiger partial charge >= 0.3 is 0 Å². The molecule has 2 aliphatic rings. The molecule has 1 atom stereocenters. The van der Waals surface area contributed by atoms with Gasteiger partial charge in [-0.2, -0.15) is 5.10 Å². The molecule has 0 radical (unpaired) electrons. The lowest BCUT2D eigenvalue weighted by atomic mass is 10.2. The van der Waals surface area contributed by atoms with Gasteiger partial charge in [-0.05, 0) is 56.8 Å². The van der Waals surface area contributed by atoms with Gasteiger partial charge in [-0.15, -0.1) is 0 Å². The molecule has 2 aromatic rings. The number of nitrogens with zero attached hydrogens (tertiary/aromatic N) is 3. The number of hydrogen-bond acceptors (Lipinski definition) is 4. The van der Waals surface area contributed by atoms with E-state index in [4.69, 9.17) is 4.74 Å². The van der Waals surface area contributed by atoms with E-state index in [1.807, 2.05) is 0 Å². The van der Waals surface area contributed by atoms with E-state index in [2.05, 4.69) is 70.7 Å². The molecule has 0 amide bonds. The molecule has 1 aromatic heterocycles. The van der Waals surface area contributed by atoms with Crippen LogP contribution in [0.4, 0.5) is 0 Å². The zero-order valence-corrected chi connectivity index (χ0v) is 14.3. The Balaban J connectivity index is 1.53. The third kappa shape index (κ3) is 3.39. The van der Waals surface area contributed by atoms with Crippen molar-refractivity contribution in [2.24, 2.45) is 0 Å². The maximum atomic E-state index is 6.00. The Hall–Kier alpha value is -1.88. The maximum Gasteiger partial charge on any atom is 0.164 e. The number of aromatic nitrogens is 2. The lowest BCUT2D eigenvalue weighted by molar-refractivity contribution is 0.150. The molecule has 1 unspecified atom stereocenters. The summed E-state index contributed by atoms with van der Waals surface area (Å²) in [5, 5.41) is 4.67. The van der Waals surface area contributed by atoms with E-state index in [-0.39, 0.29) is 6.10 Å². The van der Waals surface area contributed by atoms with Gasteiger partial charge < -0.3 is 9.04 Å². The molecule has 4 rings (SSSR count). The van der Waals surface area contributed by atoms with E-state index in [9.17, 15) is 0 Å². The third-order valence-electron chi connectivity index (χ3n) is 4.05. The standard InChI is InChI=1S/C18H21N3OS/c1-13-3-7-16(8-4-13)23-20-11-14(2)22-18(12-20)17-9-10-21(19-17)15-5-6-15/h3-4,7-10,12,14-15H,5-6,11H2,1-2H3. The summed E-state index contributed by atoms with van der Waals surface area (Å²) in [7, 11) is 0. The Morgan fingerprint density at radius 1 is 1.17 bits per heavy atom. The van der Waals surface area contributed by atoms with Crippen molar-refractivity contribution in [3.8, 4) is 0 Å². The van der Waals surface area contributed by atoms with E-state index in [0.717, 1.165) is 18.0 Å². The smallest absolute Gasteiger partial charge is 0.164 e. The van der Waals surface area contributed by atoms with E-state index in [1.165, 1.54) is 23.3 Å². The van der Waals surface area contributed by atoms with Crippen LogP contribution >= 0.6 is 11.9 Å². The fourth-order valence-corrected chi connectivity index (χ4v) is 3.62. The fraction of sp³-hybridized carbons (Fsp3) is 0.389. The summed E-state index contributed by atoms with van der Waals surface area (Å²) in [4.78, 5) is 1.24. The highest BCUT2D eigenvalue weighted by atomic mass is 32.2. The molecular formula is C18H21N3OS. The van der Waals surface area contributed by atoms with Crippen molar-refractivity contribution in [2.45, 2.75) is 43.7 Å². The lowest BCUT2D eigenvalue weighted by Crippen LogP contribution is -2.28. The second-order valence-corrected chi connectivity index (χ2v) is 7.46. The zero-order chi connectivity index (χ0) is 15.8. The summed E-state index contributed by atoms with van der Waals surface area (Å²) in [6, 6.07) is 11.3. The monoisotopic (exact) mass is 327 g/mol. The Bertz CT molecular complexity index is 718. The highest BCUT2D eigenvalue weighted by molar-refractivity contribution is 7.97. The zero-order valence-electron chi connectivity index (χ0n) is 13.5. The van der Waals surface area contributed by atoms with Crippen molar-refractivity contribution in [3.05, 3.63) is 54.0 Å². The first-order valence-corrected chi connectivity index (χ1v) is 8.90. The van der Waals surface area contributed by atoms with Gasteiger partial charge in [0.2, 0.25) is 0 Å². The van der Waals surface area contributed by atoms with Gasteiger partial charge in [-0.3, -0.25) is 4.68 Å². The molecule has 1 aliphatic carbocycles. The molecular weight excluding hydrogens is 306 g/mol. The highest BCUT2D eigenvalue weighted by Crippen LogP contribution is 2.35. The van der Waals surface area contributed by atoms with E-state index in [0.29, 0.717) is 6.04 Å². The number of hydrogen-bond donors (Lipinski definition) is 0. The molecule has 0 saturated heterocycles. The first-order chi connectivity index (χ1) is 11.2. The minimum absolute atomic E-state index is 0.152. The topological polar surface area (TPSA) is 30.3 Å². The maximum absolute atomic E-state index is 6.00. The third-order valence-corrected chi connectivity index (χ3v) is 5.02. The van der Waals surface area contributed by atoms with Gasteiger partial charge in [0.15, 0.2) is 5.76 Å². The van der Waals surface area contributed by atoms with Gasteiger partial charge in [-0.25, -0.2) is 0 Å². The highest BCUT2D eigenvalue weighted by Gasteiger charge is 2.26. The molecule has 2 heterocycles. The Morgan fingerprint density at radius 2 is 1.96 bits per heavy atom. The molecule has 23 heavy (non-hydrogen) atoms. The average molecular weight is 327 g/mol. The molecule has 0 N–H and O–H groups in total. The average Bonchev–Trinajstić information content (AvgIpc) is 3.26. The first kappa shape index (κ1) is 14.7. The largest absolute Gasteiger partial charge is 0.485 e. The van der Waals surface area contributed by atoms with Crippen molar-refractivity contribution in [1.29, 1.82) is 0 Å². The summed E-state index contributed by atoms with van der Waals surface area (Å²) in [5.41, 5.74) is 2.21. The second kappa shape index (κ2) is 5.96. The summed E-state index contributed by atoms with van der Waals surface area (Å²) in [5.74, 6) is 0.864. The van der Waals surface area contributed by atoms with Crippen LogP contribution in [0.3, 0.4) is 0 Å². The molecule has 5 heteroatoms. The van der Waals surface area contributed by atoms with Gasteiger partial charge in [0.25, 0.3) is 0 Å². The van der Waals surface area contributed by atoms with Crippen molar-refractivity contribution >= 4 is 17.7 Å². The van der Waals surface area contributed by atoms with Gasteiger partial charge in [0, 0.05) is 11.1 Å². The lowest BCUT2D eigenvalue weighted by Gasteiger charge is -2.30. The van der Waals surface area contributed by atoms with E-state index >= 15 is 0 Å². The van der Waals surface area contributed by atoms with Crippen LogP contribution in [0, 0.1) is 6.92 Å². The quantitative estimate of drug-likeness (QED) is 0.785. The van der Waals surface area contributed by atoms with Crippen LogP contribution in [0.15, 0.2) is 47.6 Å².